The summed E-state index contributed by atoms with van der Waals surface area (Å²) in [6, 6.07) is 7.25. The van der Waals surface area contributed by atoms with E-state index in [4.69, 9.17) is 20.8 Å². The number of carbonyl (C=O) groups is 1. The topological polar surface area (TPSA) is 110 Å². The van der Waals surface area contributed by atoms with Gasteiger partial charge in [0.1, 0.15) is 30.4 Å². The van der Waals surface area contributed by atoms with E-state index in [9.17, 15) is 4.79 Å². The van der Waals surface area contributed by atoms with E-state index in [2.05, 4.69) is 10.2 Å². The Labute approximate surface area is 154 Å². The molecule has 1 aromatic carbocycles. The van der Waals surface area contributed by atoms with Gasteiger partial charge in [-0.25, -0.2) is 10.7 Å². The summed E-state index contributed by atoms with van der Waals surface area (Å²) in [5.41, 5.74) is 0.248. The van der Waals surface area contributed by atoms with E-state index >= 15 is 0 Å². The molecule has 0 radical (unpaired) electrons. The molecule has 1 aliphatic rings. The maximum absolute atomic E-state index is 12.1. The first-order chi connectivity index (χ1) is 12.3. The van der Waals surface area contributed by atoms with E-state index in [1.54, 1.807) is 17.0 Å². The molecule has 1 aliphatic heterocycles. The molecule has 0 aliphatic carbocycles. The van der Waals surface area contributed by atoms with E-state index in [-0.39, 0.29) is 12.1 Å². The van der Waals surface area contributed by atoms with Crippen molar-refractivity contribution < 1.29 is 19.1 Å². The van der Waals surface area contributed by atoms with Crippen molar-refractivity contribution >= 4 is 11.9 Å². The molecule has 1 fully saturated rings. The molecule has 26 heavy (non-hydrogen) atoms. The van der Waals surface area contributed by atoms with Gasteiger partial charge in [0.05, 0.1) is 0 Å². The van der Waals surface area contributed by atoms with Gasteiger partial charge in [0, 0.05) is 24.7 Å². The second kappa shape index (κ2) is 8.86. The first kappa shape index (κ1) is 20.0. The normalized spacial score (nSPS) is 17.1. The minimum atomic E-state index is -0.505. The van der Waals surface area contributed by atoms with Gasteiger partial charge in [-0.05, 0) is 51.5 Å². The van der Waals surface area contributed by atoms with Crippen LogP contribution in [0.1, 0.15) is 32.8 Å². The summed E-state index contributed by atoms with van der Waals surface area (Å²) in [6.07, 6.45) is 0.471. The number of ether oxygens (including phenoxy) is 2. The molecular weight excluding hydrogens is 336 g/mol. The Balaban J connectivity index is 1.82. The van der Waals surface area contributed by atoms with E-state index in [0.717, 1.165) is 12.0 Å². The third-order valence-electron chi connectivity index (χ3n) is 3.80. The van der Waals surface area contributed by atoms with Gasteiger partial charge in [0.15, 0.2) is 0 Å². The molecule has 8 heteroatoms. The fourth-order valence-corrected chi connectivity index (χ4v) is 2.58. The number of nitrogens with zero attached hydrogens (tertiary/aromatic N) is 1. The molecule has 144 valence electrons. The Morgan fingerprint density at radius 3 is 2.62 bits per heavy atom. The van der Waals surface area contributed by atoms with Crippen molar-refractivity contribution in [1.82, 2.24) is 10.2 Å². The van der Waals surface area contributed by atoms with Crippen molar-refractivity contribution in [2.45, 2.75) is 38.8 Å². The number of benzene rings is 1. The van der Waals surface area contributed by atoms with Crippen LogP contribution in [0.25, 0.3) is 0 Å². The van der Waals surface area contributed by atoms with Gasteiger partial charge in [0.25, 0.3) is 0 Å². The lowest BCUT2D eigenvalue weighted by atomic mass is 10.1. The molecule has 0 spiro atoms. The van der Waals surface area contributed by atoms with Gasteiger partial charge < -0.3 is 24.5 Å². The van der Waals surface area contributed by atoms with Gasteiger partial charge in [0.2, 0.25) is 0 Å². The Hall–Kier alpha value is -2.32. The number of nitrogens with one attached hydrogen (secondary N) is 2. The van der Waals surface area contributed by atoms with E-state index < -0.39 is 5.60 Å². The third-order valence-corrected chi connectivity index (χ3v) is 3.80. The number of nitrogens with two attached hydrogens (primary N) is 1. The van der Waals surface area contributed by atoms with Crippen molar-refractivity contribution in [2.24, 2.45) is 5.90 Å². The highest BCUT2D eigenvalue weighted by Gasteiger charge is 2.30. The number of likely N-dealkylation sites (tertiary alicyclic amines) is 1. The standard InChI is InChI=1S/C18H28N4O4/c1-18(2,3)26-17(23)22-9-8-14(12-22)21-16(19)13-4-6-15(7-5-13)24-10-11-25-20/h4-7,14H,8-12,20H2,1-3H3,(H2,19,21)/t14-/m0/s1. The number of amidine groups is 1. The molecule has 8 nitrogen and oxygen atoms in total. The molecule has 1 aromatic rings. The third kappa shape index (κ3) is 6.20. The van der Waals surface area contributed by atoms with Crippen molar-refractivity contribution in [3.8, 4) is 5.75 Å². The van der Waals surface area contributed by atoms with E-state index in [0.29, 0.717) is 37.9 Å². The van der Waals surface area contributed by atoms with Crippen LogP contribution in [-0.4, -0.2) is 54.8 Å². The second-order valence-electron chi connectivity index (χ2n) is 7.17. The van der Waals surface area contributed by atoms with Gasteiger partial charge in [-0.2, -0.15) is 0 Å². The molecule has 4 N–H and O–H groups in total. The largest absolute Gasteiger partial charge is 0.491 e. The molecule has 2 rings (SSSR count). The maximum atomic E-state index is 12.1. The van der Waals surface area contributed by atoms with E-state index in [1.165, 1.54) is 0 Å². The molecule has 0 unspecified atom stereocenters. The SMILES string of the molecule is CC(C)(C)OC(=O)N1CC[C@H](NC(=N)c2ccc(OCCON)cc2)C1. The van der Waals surface area contributed by atoms with Crippen molar-refractivity contribution in [3.05, 3.63) is 29.8 Å². The van der Waals surface area contributed by atoms with Crippen molar-refractivity contribution in [1.29, 1.82) is 5.41 Å². The molecule has 0 bridgehead atoms. The van der Waals surface area contributed by atoms with Gasteiger partial charge in [-0.1, -0.05) is 0 Å². The van der Waals surface area contributed by atoms with E-state index in [1.807, 2.05) is 32.9 Å². The van der Waals surface area contributed by atoms with Crippen LogP contribution < -0.4 is 16.0 Å². The quantitative estimate of drug-likeness (QED) is 0.308. The lowest BCUT2D eigenvalue weighted by Crippen LogP contribution is -2.40. The summed E-state index contributed by atoms with van der Waals surface area (Å²) in [4.78, 5) is 18.2. The fourth-order valence-electron chi connectivity index (χ4n) is 2.58. The summed E-state index contributed by atoms with van der Waals surface area (Å²) >= 11 is 0. The lowest BCUT2D eigenvalue weighted by molar-refractivity contribution is 0.0292. The maximum Gasteiger partial charge on any atom is 0.410 e. The monoisotopic (exact) mass is 364 g/mol. The summed E-state index contributed by atoms with van der Waals surface area (Å²) < 4.78 is 10.8. The molecule has 1 amide bonds. The van der Waals surface area contributed by atoms with Crippen LogP contribution in [-0.2, 0) is 9.57 Å². The Bertz CT molecular complexity index is 613. The Morgan fingerprint density at radius 1 is 1.31 bits per heavy atom. The molecular formula is C18H28N4O4. The molecule has 0 aromatic heterocycles. The van der Waals surface area contributed by atoms with Crippen molar-refractivity contribution in [2.75, 3.05) is 26.3 Å². The number of rotatable bonds is 6. The number of carbonyl (C=O) groups excluding carboxylic acids is 1. The average molecular weight is 364 g/mol. The first-order valence-electron chi connectivity index (χ1n) is 8.66. The van der Waals surface area contributed by atoms with Crippen LogP contribution in [0.15, 0.2) is 24.3 Å². The fraction of sp³-hybridized carbons (Fsp3) is 0.556. The van der Waals surface area contributed by atoms with Crippen LogP contribution in [0.5, 0.6) is 5.75 Å². The summed E-state index contributed by atoms with van der Waals surface area (Å²) in [5, 5.41) is 11.4. The minimum absolute atomic E-state index is 0.0349. The molecule has 1 atom stereocenters. The summed E-state index contributed by atoms with van der Waals surface area (Å²) in [5.74, 6) is 5.95. The van der Waals surface area contributed by atoms with Crippen LogP contribution in [0.3, 0.4) is 0 Å². The summed E-state index contributed by atoms with van der Waals surface area (Å²) in [6.45, 7) is 7.38. The average Bonchev–Trinajstić information content (AvgIpc) is 3.03. The minimum Gasteiger partial charge on any atom is -0.491 e. The number of amides is 1. The Morgan fingerprint density at radius 2 is 2.00 bits per heavy atom. The van der Waals surface area contributed by atoms with Crippen LogP contribution in [0.4, 0.5) is 4.79 Å². The van der Waals surface area contributed by atoms with Gasteiger partial charge in [-0.3, -0.25) is 5.41 Å². The number of hydrogen-bond acceptors (Lipinski definition) is 6. The zero-order chi connectivity index (χ0) is 19.2. The highest BCUT2D eigenvalue weighted by molar-refractivity contribution is 5.96. The lowest BCUT2D eigenvalue weighted by Gasteiger charge is -2.24. The Kier molecular flexibility index (Phi) is 6.82. The van der Waals surface area contributed by atoms with Gasteiger partial charge in [-0.15, -0.1) is 0 Å². The molecule has 0 saturated carbocycles. The highest BCUT2D eigenvalue weighted by Crippen LogP contribution is 2.16. The summed E-state index contributed by atoms with van der Waals surface area (Å²) in [7, 11) is 0. The second-order valence-corrected chi connectivity index (χ2v) is 7.17. The van der Waals surface area contributed by atoms with Crippen LogP contribution >= 0.6 is 0 Å². The highest BCUT2D eigenvalue weighted by atomic mass is 16.6. The first-order valence-corrected chi connectivity index (χ1v) is 8.66. The molecule has 1 heterocycles. The number of hydrogen-bond donors (Lipinski definition) is 3. The van der Waals surface area contributed by atoms with Crippen LogP contribution in [0, 0.1) is 5.41 Å². The van der Waals surface area contributed by atoms with Crippen LogP contribution in [0.2, 0.25) is 0 Å². The predicted octanol–water partition coefficient (Wildman–Crippen LogP) is 1.88. The van der Waals surface area contributed by atoms with Crippen molar-refractivity contribution in [3.63, 3.8) is 0 Å². The molecule has 1 saturated heterocycles. The zero-order valence-electron chi connectivity index (χ0n) is 15.6. The predicted molar refractivity (Wildman–Crippen MR) is 98.3 cm³/mol. The smallest absolute Gasteiger partial charge is 0.410 e. The zero-order valence-corrected chi connectivity index (χ0v) is 15.6. The van der Waals surface area contributed by atoms with Gasteiger partial charge >= 0.3 is 6.09 Å².